The normalized spacial score (nSPS) is 17.9. The number of thioether (sulfide) groups is 4. The number of carbonyl (C=O) groups is 10. The van der Waals surface area contributed by atoms with E-state index in [1.165, 1.54) is 0 Å². The van der Waals surface area contributed by atoms with Gasteiger partial charge in [0.05, 0.1) is 24.3 Å². The van der Waals surface area contributed by atoms with Crippen molar-refractivity contribution in [1.82, 2.24) is 19.6 Å². The van der Waals surface area contributed by atoms with Crippen molar-refractivity contribution in [2.45, 2.75) is 216 Å². The molecule has 6 atom stereocenters. The standard InChI is InChI=1S/C21H31NO4S.2C21H29NO4S.C21H27NO4S/c4*23-19(16-17-6-2-1-3-7-17)12-11-18-8-4-9-20(24)22(18)13-15-27-14-5-10-21(25)26/h1-3,6-7,18-19,23H,4-5,8-16H2,(H,25,26);1-3,6-7,18H,4-5,8-16H2,(H,25,26);1-3,6-7,11-12,18-19,23H,4-5,8-10,13-16H2,(H,25,26);1-3,6-7,11-12,18H,4-5,8-10,13-16H2,(H,25,26)/b;;2*12-11+/t18-,19?;18-;18-,19?;18-/m1111/s1. The molecule has 0 saturated carbocycles. The summed E-state index contributed by atoms with van der Waals surface area (Å²) in [5, 5.41) is 55.2. The number of likely N-dealkylation sites (tertiary alicyclic amines) is 4. The maximum absolute atomic E-state index is 12.3. The van der Waals surface area contributed by atoms with Crippen LogP contribution in [-0.4, -0.2) is 218 Å². The zero-order valence-corrected chi connectivity index (χ0v) is 66.1. The van der Waals surface area contributed by atoms with Crippen LogP contribution in [-0.2, 0) is 73.6 Å². The summed E-state index contributed by atoms with van der Waals surface area (Å²) in [6, 6.07) is 39.7. The number of aliphatic hydroxyl groups excluding tert-OH is 2. The zero-order chi connectivity index (χ0) is 77.9. The Morgan fingerprint density at radius 2 is 0.741 bits per heavy atom. The van der Waals surface area contributed by atoms with E-state index < -0.39 is 30.0 Å². The number of allylic oxidation sites excluding steroid dienone is 1. The molecule has 6 N–H and O–H groups in total. The molecule has 8 rings (SSSR count). The second-order valence-corrected chi connectivity index (χ2v) is 32.5. The molecule has 0 aromatic heterocycles. The number of hydrogen-bond donors (Lipinski definition) is 6. The van der Waals surface area contributed by atoms with Gasteiger partial charge in [0.25, 0.3) is 0 Å². The van der Waals surface area contributed by atoms with Gasteiger partial charge in [0.1, 0.15) is 5.78 Å². The van der Waals surface area contributed by atoms with Gasteiger partial charge in [-0.05, 0) is 154 Å². The number of carboxylic acids is 4. The van der Waals surface area contributed by atoms with E-state index in [1.54, 1.807) is 53.1 Å². The molecule has 4 heterocycles. The number of nitrogens with zero attached hydrogens (tertiary/aromatic N) is 4. The van der Waals surface area contributed by atoms with Crippen LogP contribution in [0.25, 0.3) is 0 Å². The predicted molar refractivity (Wildman–Crippen MR) is 434 cm³/mol. The number of rotatable bonds is 46. The monoisotopic (exact) mass is 1560 g/mol. The van der Waals surface area contributed by atoms with Crippen molar-refractivity contribution in [2.24, 2.45) is 0 Å². The lowest BCUT2D eigenvalue weighted by molar-refractivity contribution is -0.138. The third-order valence-corrected chi connectivity index (χ3v) is 23.1. The molecule has 0 radical (unpaired) electrons. The number of piperidine rings is 4. The Hall–Kier alpha value is -7.22. The highest BCUT2D eigenvalue weighted by Crippen LogP contribution is 2.27. The van der Waals surface area contributed by atoms with E-state index in [2.05, 4.69) is 0 Å². The molecule has 0 aliphatic carbocycles. The van der Waals surface area contributed by atoms with Crippen molar-refractivity contribution in [2.75, 3.05) is 72.2 Å². The van der Waals surface area contributed by atoms with Crippen LogP contribution in [0, 0.1) is 0 Å². The minimum atomic E-state index is -0.771. The molecule has 20 nitrogen and oxygen atoms in total. The molecule has 4 aliphatic heterocycles. The number of carbonyl (C=O) groups excluding carboxylic acids is 6. The van der Waals surface area contributed by atoms with Gasteiger partial charge in [-0.25, -0.2) is 0 Å². The van der Waals surface area contributed by atoms with Crippen molar-refractivity contribution in [1.29, 1.82) is 0 Å². The van der Waals surface area contributed by atoms with Gasteiger partial charge in [-0.2, -0.15) is 47.0 Å². The Bertz CT molecular complexity index is 3360. The number of Topliss-reactive ketones (excluding diaryl/α,β-unsaturated/α-hetero) is 1. The summed E-state index contributed by atoms with van der Waals surface area (Å²) in [6.07, 6.45) is 24.3. The Kier molecular flexibility index (Phi) is 46.7. The van der Waals surface area contributed by atoms with Gasteiger partial charge in [0.15, 0.2) is 5.78 Å². The first-order valence-corrected chi connectivity index (χ1v) is 43.1. The number of aliphatic carboxylic acids is 4. The molecule has 0 spiro atoms. The van der Waals surface area contributed by atoms with Gasteiger partial charge in [0.2, 0.25) is 23.6 Å². The number of hydrogen-bond acceptors (Lipinski definition) is 16. The van der Waals surface area contributed by atoms with Gasteiger partial charge in [-0.3, -0.25) is 47.9 Å². The zero-order valence-electron chi connectivity index (χ0n) is 62.8. The van der Waals surface area contributed by atoms with Crippen LogP contribution in [0.1, 0.15) is 176 Å². The summed E-state index contributed by atoms with van der Waals surface area (Å²) in [6.45, 7) is 2.71. The van der Waals surface area contributed by atoms with Gasteiger partial charge < -0.3 is 50.2 Å². The van der Waals surface area contributed by atoms with Crippen LogP contribution in [0.2, 0.25) is 0 Å². The van der Waals surface area contributed by atoms with Crippen molar-refractivity contribution >= 4 is 106 Å². The summed E-state index contributed by atoms with van der Waals surface area (Å²) in [5.74, 6) is 4.37. The molecule has 108 heavy (non-hydrogen) atoms. The van der Waals surface area contributed by atoms with Crippen molar-refractivity contribution in [3.05, 3.63) is 168 Å². The Labute approximate surface area is 656 Å². The van der Waals surface area contributed by atoms with Crippen LogP contribution in [0.5, 0.6) is 0 Å². The molecule has 4 saturated heterocycles. The van der Waals surface area contributed by atoms with Crippen LogP contribution in [0.3, 0.4) is 0 Å². The van der Waals surface area contributed by atoms with E-state index in [9.17, 15) is 58.2 Å². The van der Waals surface area contributed by atoms with E-state index in [-0.39, 0.29) is 91.1 Å². The van der Waals surface area contributed by atoms with E-state index in [1.807, 2.05) is 159 Å². The Morgan fingerprint density at radius 3 is 1.15 bits per heavy atom. The number of benzene rings is 4. The topological polar surface area (TPSA) is 305 Å². The third kappa shape index (κ3) is 40.5. The van der Waals surface area contributed by atoms with Crippen LogP contribution in [0.15, 0.2) is 146 Å². The number of carboxylic acid groups (broad SMARTS) is 4. The highest BCUT2D eigenvalue weighted by atomic mass is 32.2. The minimum absolute atomic E-state index is 0.0226. The average molecular weight is 1570 g/mol. The van der Waals surface area contributed by atoms with Crippen LogP contribution >= 0.6 is 47.0 Å². The van der Waals surface area contributed by atoms with Gasteiger partial charge in [-0.1, -0.05) is 140 Å². The van der Waals surface area contributed by atoms with Gasteiger partial charge in [0, 0.05) is 138 Å². The van der Waals surface area contributed by atoms with E-state index >= 15 is 0 Å². The lowest BCUT2D eigenvalue weighted by Gasteiger charge is -2.36. The smallest absolute Gasteiger partial charge is 0.303 e. The molecule has 4 aromatic carbocycles. The first-order valence-electron chi connectivity index (χ1n) is 38.5. The SMILES string of the molecule is O=C(O)CCCSCCN1C(=O)CCC[C@@H]1/C=C/C(=O)Cc1ccccc1.O=C(O)CCCSCCN1C(=O)CCC[C@@H]1/C=C/C(O)Cc1ccccc1.O=C(O)CCCSCCN1C(=O)CCC[C@@H]1CCC(=O)Cc1ccccc1.O=C(O)CCCSCCN1C(=O)CCC[C@@H]1CCC(O)Cc1ccccc1. The van der Waals surface area contributed by atoms with E-state index in [0.29, 0.717) is 110 Å². The summed E-state index contributed by atoms with van der Waals surface area (Å²) in [7, 11) is 0. The molecular formula is C84H116N4O16S4. The lowest BCUT2D eigenvalue weighted by Crippen LogP contribution is -2.45. The Morgan fingerprint density at radius 1 is 0.398 bits per heavy atom. The summed E-state index contributed by atoms with van der Waals surface area (Å²) in [5.41, 5.74) is 4.25. The largest absolute Gasteiger partial charge is 0.481 e. The predicted octanol–water partition coefficient (Wildman–Crippen LogP) is 13.4. The first kappa shape index (κ1) is 91.4. The molecule has 592 valence electrons. The Balaban J connectivity index is 0.000000258. The van der Waals surface area contributed by atoms with Crippen molar-refractivity contribution in [3.63, 3.8) is 0 Å². The number of aliphatic hydroxyl groups is 2. The first-order chi connectivity index (χ1) is 52.2. The summed E-state index contributed by atoms with van der Waals surface area (Å²) in [4.78, 5) is 123. The van der Waals surface area contributed by atoms with Crippen LogP contribution < -0.4 is 0 Å². The summed E-state index contributed by atoms with van der Waals surface area (Å²) >= 11 is 6.77. The number of ketones is 2. The molecule has 4 aromatic rings. The fraction of sp³-hybridized carbons (Fsp3) is 0.548. The van der Waals surface area contributed by atoms with Gasteiger partial charge >= 0.3 is 23.9 Å². The van der Waals surface area contributed by atoms with E-state index in [0.717, 1.165) is 139 Å². The third-order valence-electron chi connectivity index (χ3n) is 18.9. The maximum atomic E-state index is 12.3. The van der Waals surface area contributed by atoms with Crippen molar-refractivity contribution in [3.8, 4) is 0 Å². The van der Waals surface area contributed by atoms with Crippen molar-refractivity contribution < 1.29 is 78.6 Å². The quantitative estimate of drug-likeness (QED) is 0.0136. The highest BCUT2D eigenvalue weighted by Gasteiger charge is 2.31. The molecule has 2 unspecified atom stereocenters. The molecule has 4 amide bonds. The highest BCUT2D eigenvalue weighted by molar-refractivity contribution is 7.99. The van der Waals surface area contributed by atoms with Crippen LogP contribution in [0.4, 0.5) is 0 Å². The lowest BCUT2D eigenvalue weighted by atomic mass is 9.94. The minimum Gasteiger partial charge on any atom is -0.481 e. The van der Waals surface area contributed by atoms with E-state index in [4.69, 9.17) is 20.4 Å². The number of amides is 4. The molecule has 0 bridgehead atoms. The fourth-order valence-corrected chi connectivity index (χ4v) is 16.8. The second kappa shape index (κ2) is 55.2. The maximum Gasteiger partial charge on any atom is 0.303 e. The average Bonchev–Trinajstić information content (AvgIpc) is 0.871. The molecule has 4 fully saturated rings. The van der Waals surface area contributed by atoms with Gasteiger partial charge in [-0.15, -0.1) is 0 Å². The second-order valence-electron chi connectivity index (χ2n) is 27.6. The fourth-order valence-electron chi connectivity index (χ4n) is 13.3. The summed E-state index contributed by atoms with van der Waals surface area (Å²) < 4.78 is 0. The molecular weight excluding hydrogens is 1450 g/mol. The molecule has 4 aliphatic rings. The molecule has 24 heteroatoms.